The standard InChI is InChI=1S/C32H25Br2N5O2/c33-22-15-16-27-23(17-22)24(18-39(27)19-28(40)38-37-26-14-8-7-13-25(26)34)31-32(41)36-30(21-11-5-2-6-12-21)29(35-31)20-9-3-1-4-10-20/h1-18,29-30,37H,19H2,(H,36,41)(H,38,40)/t29-,30-/m0/s1. The summed E-state index contributed by atoms with van der Waals surface area (Å²) in [6.45, 7) is 0.0409. The van der Waals surface area contributed by atoms with Gasteiger partial charge in [0.1, 0.15) is 18.3 Å². The van der Waals surface area contributed by atoms with Crippen molar-refractivity contribution in [2.45, 2.75) is 18.6 Å². The second kappa shape index (κ2) is 11.7. The average Bonchev–Trinajstić information content (AvgIpc) is 3.34. The molecule has 2 atom stereocenters. The van der Waals surface area contributed by atoms with Crippen molar-refractivity contribution in [2.24, 2.45) is 4.99 Å². The lowest BCUT2D eigenvalue weighted by Crippen LogP contribution is -2.42. The van der Waals surface area contributed by atoms with E-state index in [1.165, 1.54) is 0 Å². The maximum atomic E-state index is 13.7. The molecule has 9 heteroatoms. The van der Waals surface area contributed by atoms with E-state index in [1.54, 1.807) is 0 Å². The van der Waals surface area contributed by atoms with E-state index >= 15 is 0 Å². The molecule has 3 N–H and O–H groups in total. The molecule has 0 bridgehead atoms. The molecule has 0 aliphatic carbocycles. The number of para-hydroxylation sites is 1. The molecular weight excluding hydrogens is 646 g/mol. The van der Waals surface area contributed by atoms with Crippen molar-refractivity contribution in [3.05, 3.63) is 135 Å². The van der Waals surface area contributed by atoms with Crippen LogP contribution in [-0.2, 0) is 16.1 Å². The summed E-state index contributed by atoms with van der Waals surface area (Å²) in [5, 5.41) is 4.04. The number of fused-ring (bicyclic) bond motifs is 1. The highest BCUT2D eigenvalue weighted by Gasteiger charge is 2.34. The molecule has 1 aliphatic rings. The number of carbonyl (C=O) groups excluding carboxylic acids is 2. The van der Waals surface area contributed by atoms with Gasteiger partial charge in [-0.15, -0.1) is 0 Å². The van der Waals surface area contributed by atoms with Crippen molar-refractivity contribution in [3.63, 3.8) is 0 Å². The molecule has 204 valence electrons. The van der Waals surface area contributed by atoms with Gasteiger partial charge in [0.15, 0.2) is 0 Å². The number of hydrazine groups is 1. The van der Waals surface area contributed by atoms with E-state index in [-0.39, 0.29) is 30.4 Å². The fraction of sp³-hybridized carbons (Fsp3) is 0.0938. The van der Waals surface area contributed by atoms with E-state index in [0.29, 0.717) is 11.3 Å². The molecular formula is C32H25Br2N5O2. The lowest BCUT2D eigenvalue weighted by Gasteiger charge is -2.31. The largest absolute Gasteiger partial charge is 0.341 e. The van der Waals surface area contributed by atoms with Crippen LogP contribution in [0, 0.1) is 0 Å². The first-order valence-corrected chi connectivity index (χ1v) is 14.6. The molecule has 41 heavy (non-hydrogen) atoms. The third-order valence-electron chi connectivity index (χ3n) is 7.01. The molecule has 1 aromatic heterocycles. The van der Waals surface area contributed by atoms with Gasteiger partial charge in [-0.05, 0) is 57.4 Å². The number of carbonyl (C=O) groups is 2. The second-order valence-electron chi connectivity index (χ2n) is 9.68. The second-order valence-corrected chi connectivity index (χ2v) is 11.5. The van der Waals surface area contributed by atoms with Gasteiger partial charge in [-0.1, -0.05) is 88.7 Å². The van der Waals surface area contributed by atoms with Crippen LogP contribution in [0.5, 0.6) is 0 Å². The van der Waals surface area contributed by atoms with Crippen LogP contribution in [0.25, 0.3) is 10.9 Å². The number of aromatic nitrogens is 1. The Morgan fingerprint density at radius 2 is 1.56 bits per heavy atom. The molecule has 0 fully saturated rings. The number of anilines is 1. The minimum absolute atomic E-state index is 0.0409. The Hall–Kier alpha value is -4.21. The summed E-state index contributed by atoms with van der Waals surface area (Å²) < 4.78 is 3.54. The number of halogens is 2. The Labute approximate surface area is 253 Å². The predicted molar refractivity (Wildman–Crippen MR) is 169 cm³/mol. The first kappa shape index (κ1) is 27.0. The summed E-state index contributed by atoms with van der Waals surface area (Å²) in [5.74, 6) is -0.501. The number of nitrogens with zero attached hydrogens (tertiary/aromatic N) is 2. The summed E-state index contributed by atoms with van der Waals surface area (Å²) in [6.07, 6.45) is 1.83. The highest BCUT2D eigenvalue weighted by molar-refractivity contribution is 9.10. The Morgan fingerprint density at radius 1 is 0.878 bits per heavy atom. The lowest BCUT2D eigenvalue weighted by atomic mass is 9.91. The van der Waals surface area contributed by atoms with E-state index in [1.807, 2.05) is 114 Å². The van der Waals surface area contributed by atoms with Crippen molar-refractivity contribution in [1.29, 1.82) is 0 Å². The first-order chi connectivity index (χ1) is 20.0. The molecule has 6 rings (SSSR count). The van der Waals surface area contributed by atoms with Gasteiger partial charge >= 0.3 is 0 Å². The number of nitrogens with one attached hydrogen (secondary N) is 3. The van der Waals surface area contributed by atoms with Crippen LogP contribution in [0.3, 0.4) is 0 Å². The summed E-state index contributed by atoms with van der Waals surface area (Å²) in [7, 11) is 0. The van der Waals surface area contributed by atoms with Gasteiger partial charge in [0, 0.05) is 31.6 Å². The quantitative estimate of drug-likeness (QED) is 0.168. The molecule has 7 nitrogen and oxygen atoms in total. The van der Waals surface area contributed by atoms with E-state index in [9.17, 15) is 9.59 Å². The highest BCUT2D eigenvalue weighted by Crippen LogP contribution is 2.37. The van der Waals surface area contributed by atoms with E-state index in [2.05, 4.69) is 48.0 Å². The molecule has 0 saturated heterocycles. The number of amides is 2. The van der Waals surface area contributed by atoms with E-state index < -0.39 is 0 Å². The zero-order chi connectivity index (χ0) is 28.3. The third-order valence-corrected chi connectivity index (χ3v) is 8.19. The van der Waals surface area contributed by atoms with Gasteiger partial charge in [0.2, 0.25) is 0 Å². The Kier molecular flexibility index (Phi) is 7.71. The molecule has 5 aromatic rings. The van der Waals surface area contributed by atoms with Crippen LogP contribution in [0.4, 0.5) is 5.69 Å². The van der Waals surface area contributed by atoms with Gasteiger partial charge in [0.25, 0.3) is 11.8 Å². The SMILES string of the molecule is O=C(Cn1cc(C2=N[C@@H](c3ccccc3)[C@H](c3ccccc3)NC2=O)c2cc(Br)ccc21)NNc1ccccc1Br. The van der Waals surface area contributed by atoms with Gasteiger partial charge in [-0.2, -0.15) is 0 Å². The van der Waals surface area contributed by atoms with Gasteiger partial charge in [-0.25, -0.2) is 0 Å². The van der Waals surface area contributed by atoms with Crippen LogP contribution >= 0.6 is 31.9 Å². The third kappa shape index (κ3) is 5.68. The number of hydrogen-bond donors (Lipinski definition) is 3. The van der Waals surface area contributed by atoms with Crippen LogP contribution in [0.2, 0.25) is 0 Å². The van der Waals surface area contributed by atoms with E-state index in [4.69, 9.17) is 4.99 Å². The molecule has 0 unspecified atom stereocenters. The minimum atomic E-state index is -0.325. The number of benzene rings is 4. The van der Waals surface area contributed by atoms with Crippen molar-refractivity contribution in [1.82, 2.24) is 15.3 Å². The van der Waals surface area contributed by atoms with Crippen LogP contribution < -0.4 is 16.2 Å². The lowest BCUT2D eigenvalue weighted by molar-refractivity contribution is -0.121. The first-order valence-electron chi connectivity index (χ1n) is 13.0. The molecule has 1 aliphatic heterocycles. The number of hydrogen-bond acceptors (Lipinski definition) is 4. The van der Waals surface area contributed by atoms with Crippen molar-refractivity contribution in [2.75, 3.05) is 5.43 Å². The maximum Gasteiger partial charge on any atom is 0.270 e. The van der Waals surface area contributed by atoms with Crippen molar-refractivity contribution >= 4 is 66.0 Å². The molecule has 4 aromatic carbocycles. The zero-order valence-electron chi connectivity index (χ0n) is 21.7. The normalized spacial score (nSPS) is 16.6. The molecule has 0 spiro atoms. The van der Waals surface area contributed by atoms with Crippen LogP contribution in [-0.4, -0.2) is 22.1 Å². The zero-order valence-corrected chi connectivity index (χ0v) is 24.9. The monoisotopic (exact) mass is 669 g/mol. The maximum absolute atomic E-state index is 13.7. The van der Waals surface area contributed by atoms with E-state index in [0.717, 1.165) is 36.7 Å². The van der Waals surface area contributed by atoms with Crippen molar-refractivity contribution < 1.29 is 9.59 Å². The molecule has 0 saturated carbocycles. The highest BCUT2D eigenvalue weighted by atomic mass is 79.9. The Morgan fingerprint density at radius 3 is 2.29 bits per heavy atom. The summed E-state index contributed by atoms with van der Waals surface area (Å²) in [6, 6.07) is 32.6. The number of aliphatic imine (C=N–C) groups is 1. The van der Waals surface area contributed by atoms with Crippen LogP contribution in [0.1, 0.15) is 28.8 Å². The Balaban J connectivity index is 1.37. The number of rotatable bonds is 7. The fourth-order valence-electron chi connectivity index (χ4n) is 5.08. The summed E-state index contributed by atoms with van der Waals surface area (Å²) >= 11 is 7.04. The van der Waals surface area contributed by atoms with Gasteiger partial charge in [0.05, 0.1) is 11.7 Å². The minimum Gasteiger partial charge on any atom is -0.341 e. The smallest absolute Gasteiger partial charge is 0.270 e. The van der Waals surface area contributed by atoms with Crippen LogP contribution in [0.15, 0.2) is 123 Å². The van der Waals surface area contributed by atoms with Crippen molar-refractivity contribution in [3.8, 4) is 0 Å². The summed E-state index contributed by atoms with van der Waals surface area (Å²) in [4.78, 5) is 31.7. The molecule has 2 amide bonds. The van der Waals surface area contributed by atoms with Gasteiger partial charge < -0.3 is 9.88 Å². The fourth-order valence-corrected chi connectivity index (χ4v) is 5.82. The topological polar surface area (TPSA) is 87.5 Å². The Bertz CT molecular complexity index is 1770. The average molecular weight is 671 g/mol. The summed E-state index contributed by atoms with van der Waals surface area (Å²) in [5.41, 5.74) is 10.3. The predicted octanol–water partition coefficient (Wildman–Crippen LogP) is 6.71. The molecule has 0 radical (unpaired) electrons. The molecule has 2 heterocycles. The van der Waals surface area contributed by atoms with Gasteiger partial charge in [-0.3, -0.25) is 25.4 Å².